The maximum Gasteiger partial charge on any atom is 0.373 e. The highest BCUT2D eigenvalue weighted by Gasteiger charge is 2.13. The molecule has 0 amide bonds. The summed E-state index contributed by atoms with van der Waals surface area (Å²) in [6, 6.07) is 0. The van der Waals surface area contributed by atoms with Crippen molar-refractivity contribution in [1.82, 2.24) is 9.97 Å². The Kier molecular flexibility index (Phi) is 2.69. The molecular formula is C9H12N2O3. The Hall–Kier alpha value is -1.65. The van der Waals surface area contributed by atoms with Gasteiger partial charge in [0.1, 0.15) is 5.60 Å². The molecule has 0 aromatic carbocycles. The van der Waals surface area contributed by atoms with E-state index in [1.807, 2.05) is 20.8 Å². The van der Waals surface area contributed by atoms with E-state index < -0.39 is 5.97 Å². The largest absolute Gasteiger partial charge is 0.485 e. The van der Waals surface area contributed by atoms with E-state index >= 15 is 0 Å². The molecule has 0 unspecified atom stereocenters. The first-order valence-electron chi connectivity index (χ1n) is 4.13. The Balaban J connectivity index is 2.79. The molecule has 0 atom stereocenters. The molecule has 1 aromatic heterocycles. The highest BCUT2D eigenvalue weighted by Crippen LogP contribution is 2.15. The summed E-state index contributed by atoms with van der Waals surface area (Å²) in [6.45, 7) is 5.66. The van der Waals surface area contributed by atoms with Crippen LogP contribution in [0.15, 0.2) is 12.4 Å². The van der Waals surface area contributed by atoms with Crippen LogP contribution < -0.4 is 4.74 Å². The van der Waals surface area contributed by atoms with Crippen LogP contribution in [-0.4, -0.2) is 26.6 Å². The van der Waals surface area contributed by atoms with Crippen molar-refractivity contribution in [3.8, 4) is 5.75 Å². The zero-order valence-corrected chi connectivity index (χ0v) is 8.31. The number of carboxylic acids is 1. The maximum absolute atomic E-state index is 10.4. The number of ether oxygens (including phenoxy) is 1. The number of carboxylic acid groups (broad SMARTS) is 1. The summed E-state index contributed by atoms with van der Waals surface area (Å²) >= 11 is 0. The molecule has 1 N–H and O–H groups in total. The van der Waals surface area contributed by atoms with Gasteiger partial charge in [-0.25, -0.2) is 14.8 Å². The first kappa shape index (κ1) is 10.4. The first-order chi connectivity index (χ1) is 6.38. The molecule has 1 rings (SSSR count). The maximum atomic E-state index is 10.4. The van der Waals surface area contributed by atoms with Gasteiger partial charge < -0.3 is 9.84 Å². The lowest BCUT2D eigenvalue weighted by atomic mass is 10.2. The molecule has 1 heterocycles. The van der Waals surface area contributed by atoms with Crippen molar-refractivity contribution in [3.63, 3.8) is 0 Å². The van der Waals surface area contributed by atoms with Gasteiger partial charge in [-0.3, -0.25) is 0 Å². The summed E-state index contributed by atoms with van der Waals surface area (Å²) < 4.78 is 5.42. The molecule has 76 valence electrons. The van der Waals surface area contributed by atoms with Crippen LogP contribution in [0.4, 0.5) is 0 Å². The minimum Gasteiger partial charge on any atom is -0.485 e. The van der Waals surface area contributed by atoms with E-state index in [2.05, 4.69) is 9.97 Å². The predicted octanol–water partition coefficient (Wildman–Crippen LogP) is 1.35. The van der Waals surface area contributed by atoms with Crippen LogP contribution in [0.1, 0.15) is 31.4 Å². The summed E-state index contributed by atoms with van der Waals surface area (Å²) in [7, 11) is 0. The average molecular weight is 196 g/mol. The number of rotatable bonds is 2. The zero-order valence-electron chi connectivity index (χ0n) is 8.31. The fourth-order valence-corrected chi connectivity index (χ4v) is 0.833. The molecule has 5 nitrogen and oxygen atoms in total. The van der Waals surface area contributed by atoms with Crippen LogP contribution in [0.3, 0.4) is 0 Å². The van der Waals surface area contributed by atoms with Crippen LogP contribution in [0.5, 0.6) is 5.75 Å². The zero-order chi connectivity index (χ0) is 10.8. The second-order valence-electron chi connectivity index (χ2n) is 3.76. The number of nitrogens with zero attached hydrogens (tertiary/aromatic N) is 2. The van der Waals surface area contributed by atoms with Gasteiger partial charge in [0.05, 0.1) is 12.4 Å². The highest BCUT2D eigenvalue weighted by atomic mass is 16.5. The third-order valence-electron chi connectivity index (χ3n) is 1.24. The van der Waals surface area contributed by atoms with E-state index in [-0.39, 0.29) is 11.4 Å². The Morgan fingerprint density at radius 1 is 1.36 bits per heavy atom. The van der Waals surface area contributed by atoms with Crippen molar-refractivity contribution in [2.24, 2.45) is 0 Å². The summed E-state index contributed by atoms with van der Waals surface area (Å²) in [5.74, 6) is -0.916. The van der Waals surface area contributed by atoms with Gasteiger partial charge in [-0.1, -0.05) is 0 Å². The molecule has 0 saturated carbocycles. The van der Waals surface area contributed by atoms with Gasteiger partial charge in [-0.15, -0.1) is 0 Å². The lowest BCUT2D eigenvalue weighted by molar-refractivity contribution is 0.0683. The van der Waals surface area contributed by atoms with E-state index in [0.717, 1.165) is 0 Å². The molecule has 0 aliphatic heterocycles. The quantitative estimate of drug-likeness (QED) is 0.772. The van der Waals surface area contributed by atoms with E-state index in [4.69, 9.17) is 9.84 Å². The molecule has 5 heteroatoms. The van der Waals surface area contributed by atoms with Crippen molar-refractivity contribution in [3.05, 3.63) is 18.2 Å². The van der Waals surface area contributed by atoms with E-state index in [1.54, 1.807) is 0 Å². The highest BCUT2D eigenvalue weighted by molar-refractivity contribution is 5.82. The number of aromatic carboxylic acids is 1. The van der Waals surface area contributed by atoms with Gasteiger partial charge in [-0.05, 0) is 20.8 Å². The summed E-state index contributed by atoms with van der Waals surface area (Å²) in [5, 5.41) is 8.54. The van der Waals surface area contributed by atoms with Crippen LogP contribution in [0, 0.1) is 0 Å². The number of carbonyl (C=O) groups is 1. The van der Waals surface area contributed by atoms with E-state index in [0.29, 0.717) is 5.75 Å². The summed E-state index contributed by atoms with van der Waals surface area (Å²) in [5.41, 5.74) is -0.339. The van der Waals surface area contributed by atoms with Crippen molar-refractivity contribution in [2.75, 3.05) is 0 Å². The SMILES string of the molecule is CC(C)(C)Oc1cnc(C(=O)O)nc1. The van der Waals surface area contributed by atoms with Crippen LogP contribution in [0.2, 0.25) is 0 Å². The molecule has 0 spiro atoms. The monoisotopic (exact) mass is 196 g/mol. The van der Waals surface area contributed by atoms with Gasteiger partial charge in [0.2, 0.25) is 5.82 Å². The summed E-state index contributed by atoms with van der Waals surface area (Å²) in [4.78, 5) is 17.7. The number of hydrogen-bond acceptors (Lipinski definition) is 4. The normalized spacial score (nSPS) is 11.1. The fourth-order valence-electron chi connectivity index (χ4n) is 0.833. The lowest BCUT2D eigenvalue weighted by Crippen LogP contribution is -2.23. The lowest BCUT2D eigenvalue weighted by Gasteiger charge is -2.20. The minimum atomic E-state index is -1.15. The van der Waals surface area contributed by atoms with Gasteiger partial charge in [0.15, 0.2) is 5.75 Å². The number of aromatic nitrogens is 2. The third kappa shape index (κ3) is 3.01. The first-order valence-corrected chi connectivity index (χ1v) is 4.13. The molecule has 0 aliphatic carbocycles. The van der Waals surface area contributed by atoms with Crippen molar-refractivity contribution in [2.45, 2.75) is 26.4 Å². The molecule has 0 saturated heterocycles. The second kappa shape index (κ2) is 3.61. The molecule has 14 heavy (non-hydrogen) atoms. The third-order valence-corrected chi connectivity index (χ3v) is 1.24. The van der Waals surface area contributed by atoms with Gasteiger partial charge in [0.25, 0.3) is 0 Å². The van der Waals surface area contributed by atoms with Crippen molar-refractivity contribution < 1.29 is 14.6 Å². The van der Waals surface area contributed by atoms with Crippen molar-refractivity contribution >= 4 is 5.97 Å². The number of hydrogen-bond donors (Lipinski definition) is 1. The molecule has 1 aromatic rings. The minimum absolute atomic E-state index is 0.230. The molecule has 0 aliphatic rings. The Bertz CT molecular complexity index is 327. The predicted molar refractivity (Wildman–Crippen MR) is 49.4 cm³/mol. The van der Waals surface area contributed by atoms with Gasteiger partial charge in [-0.2, -0.15) is 0 Å². The molecular weight excluding hydrogens is 184 g/mol. The van der Waals surface area contributed by atoms with Crippen LogP contribution >= 0.6 is 0 Å². The Labute approximate surface area is 81.8 Å². The molecule has 0 radical (unpaired) electrons. The van der Waals surface area contributed by atoms with Crippen molar-refractivity contribution in [1.29, 1.82) is 0 Å². The second-order valence-corrected chi connectivity index (χ2v) is 3.76. The summed E-state index contributed by atoms with van der Waals surface area (Å²) in [6.07, 6.45) is 2.70. The van der Waals surface area contributed by atoms with Crippen LogP contribution in [0.25, 0.3) is 0 Å². The Morgan fingerprint density at radius 3 is 2.21 bits per heavy atom. The average Bonchev–Trinajstić information content (AvgIpc) is 2.02. The molecule has 0 bridgehead atoms. The van der Waals surface area contributed by atoms with Gasteiger partial charge in [0, 0.05) is 0 Å². The smallest absolute Gasteiger partial charge is 0.373 e. The fraction of sp³-hybridized carbons (Fsp3) is 0.444. The van der Waals surface area contributed by atoms with Crippen LogP contribution in [-0.2, 0) is 0 Å². The van der Waals surface area contributed by atoms with Gasteiger partial charge >= 0.3 is 5.97 Å². The Morgan fingerprint density at radius 2 is 1.86 bits per heavy atom. The van der Waals surface area contributed by atoms with E-state index in [9.17, 15) is 4.79 Å². The topological polar surface area (TPSA) is 72.3 Å². The van der Waals surface area contributed by atoms with E-state index in [1.165, 1.54) is 12.4 Å². The molecule has 0 fully saturated rings. The standard InChI is InChI=1S/C9H12N2O3/c1-9(2,3)14-6-4-10-7(8(12)13)11-5-6/h4-5H,1-3H3,(H,12,13).